The van der Waals surface area contributed by atoms with E-state index in [1.165, 1.54) is 6.07 Å². The van der Waals surface area contributed by atoms with Gasteiger partial charge in [-0.1, -0.05) is 6.92 Å². The number of aliphatic carboxylic acids is 1. The molecule has 0 spiro atoms. The third kappa shape index (κ3) is 2.59. The van der Waals surface area contributed by atoms with Crippen molar-refractivity contribution in [1.29, 1.82) is 0 Å². The van der Waals surface area contributed by atoms with Crippen molar-refractivity contribution in [3.8, 4) is 5.75 Å². The van der Waals surface area contributed by atoms with E-state index >= 15 is 0 Å². The third-order valence-electron chi connectivity index (χ3n) is 2.97. The molecule has 1 heterocycles. The van der Waals surface area contributed by atoms with Crippen LogP contribution >= 0.6 is 0 Å². The molecule has 0 aliphatic carbocycles. The van der Waals surface area contributed by atoms with Gasteiger partial charge < -0.3 is 14.3 Å². The van der Waals surface area contributed by atoms with Gasteiger partial charge in [-0.3, -0.25) is 0 Å². The van der Waals surface area contributed by atoms with E-state index in [4.69, 9.17) is 14.3 Å². The Morgan fingerprint density at radius 2 is 2.16 bits per heavy atom. The maximum absolute atomic E-state index is 11.8. The first-order valence-electron chi connectivity index (χ1n) is 5.94. The Bertz CT molecular complexity index is 684. The monoisotopic (exact) mass is 262 g/mol. The first-order chi connectivity index (χ1) is 9.02. The molecular weight excluding hydrogens is 248 g/mol. The second-order valence-corrected chi connectivity index (χ2v) is 4.19. The van der Waals surface area contributed by atoms with Gasteiger partial charge in [-0.05, 0) is 31.0 Å². The van der Waals surface area contributed by atoms with E-state index in [1.54, 1.807) is 12.1 Å². The van der Waals surface area contributed by atoms with Crippen LogP contribution in [0.1, 0.15) is 18.1 Å². The summed E-state index contributed by atoms with van der Waals surface area (Å²) in [5.41, 5.74) is 1.59. The standard InChI is InChI=1S/C14H14O5/c1-3-10-8(2)11-5-4-9(18-7-13(15)16)6-12(11)19-14(10)17/h4-6H,3,7H2,1-2H3,(H,15,16). The summed E-state index contributed by atoms with van der Waals surface area (Å²) >= 11 is 0. The van der Waals surface area contributed by atoms with E-state index in [2.05, 4.69) is 0 Å². The fourth-order valence-corrected chi connectivity index (χ4v) is 2.02. The normalized spacial score (nSPS) is 10.6. The van der Waals surface area contributed by atoms with E-state index < -0.39 is 12.6 Å². The molecule has 5 heteroatoms. The van der Waals surface area contributed by atoms with E-state index in [0.717, 1.165) is 10.9 Å². The lowest BCUT2D eigenvalue weighted by Crippen LogP contribution is -2.10. The lowest BCUT2D eigenvalue weighted by atomic mass is 10.0. The molecule has 19 heavy (non-hydrogen) atoms. The Morgan fingerprint density at radius 3 is 2.79 bits per heavy atom. The minimum atomic E-state index is -1.06. The molecule has 2 rings (SSSR count). The largest absolute Gasteiger partial charge is 0.482 e. The van der Waals surface area contributed by atoms with Crippen LogP contribution in [-0.2, 0) is 11.2 Å². The summed E-state index contributed by atoms with van der Waals surface area (Å²) in [4.78, 5) is 22.2. The Kier molecular flexibility index (Phi) is 3.55. The highest BCUT2D eigenvalue weighted by atomic mass is 16.5. The molecule has 0 aliphatic heterocycles. The number of ether oxygens (including phenoxy) is 1. The van der Waals surface area contributed by atoms with Crippen LogP contribution in [0.15, 0.2) is 27.4 Å². The van der Waals surface area contributed by atoms with Crippen molar-refractivity contribution in [3.63, 3.8) is 0 Å². The quantitative estimate of drug-likeness (QED) is 0.854. The van der Waals surface area contributed by atoms with Gasteiger partial charge in [0.05, 0.1) is 0 Å². The summed E-state index contributed by atoms with van der Waals surface area (Å²) in [6.07, 6.45) is 0.612. The molecule has 2 aromatic rings. The van der Waals surface area contributed by atoms with Crippen LogP contribution in [0.5, 0.6) is 5.75 Å². The average Bonchev–Trinajstić information content (AvgIpc) is 2.36. The highest BCUT2D eigenvalue weighted by Gasteiger charge is 2.10. The van der Waals surface area contributed by atoms with Gasteiger partial charge in [0.2, 0.25) is 0 Å². The maximum atomic E-state index is 11.8. The van der Waals surface area contributed by atoms with Gasteiger partial charge >= 0.3 is 11.6 Å². The SMILES string of the molecule is CCc1c(C)c2ccc(OCC(=O)O)cc2oc1=O. The van der Waals surface area contributed by atoms with Crippen LogP contribution in [0.3, 0.4) is 0 Å². The predicted octanol–water partition coefficient (Wildman–Crippen LogP) is 2.13. The number of carbonyl (C=O) groups is 1. The molecule has 100 valence electrons. The number of carboxylic acids is 1. The molecular formula is C14H14O5. The Balaban J connectivity index is 2.50. The van der Waals surface area contributed by atoms with Crippen LogP contribution in [0.2, 0.25) is 0 Å². The lowest BCUT2D eigenvalue weighted by molar-refractivity contribution is -0.139. The van der Waals surface area contributed by atoms with Gasteiger partial charge in [-0.25, -0.2) is 9.59 Å². The molecule has 1 N–H and O–H groups in total. The number of hydrogen-bond donors (Lipinski definition) is 1. The van der Waals surface area contributed by atoms with Gasteiger partial charge in [0, 0.05) is 17.0 Å². The molecule has 5 nitrogen and oxygen atoms in total. The van der Waals surface area contributed by atoms with E-state index in [0.29, 0.717) is 23.3 Å². The number of fused-ring (bicyclic) bond motifs is 1. The highest BCUT2D eigenvalue weighted by molar-refractivity contribution is 5.82. The molecule has 0 saturated heterocycles. The Labute approximate surface area is 109 Å². The number of hydrogen-bond acceptors (Lipinski definition) is 4. The zero-order valence-electron chi connectivity index (χ0n) is 10.7. The molecule has 0 bridgehead atoms. The number of rotatable bonds is 4. The minimum absolute atomic E-state index is 0.358. The van der Waals surface area contributed by atoms with Gasteiger partial charge in [0.25, 0.3) is 0 Å². The average molecular weight is 262 g/mol. The molecule has 0 radical (unpaired) electrons. The highest BCUT2D eigenvalue weighted by Crippen LogP contribution is 2.24. The van der Waals surface area contributed by atoms with Gasteiger partial charge in [0.15, 0.2) is 6.61 Å². The van der Waals surface area contributed by atoms with Crippen LogP contribution in [0, 0.1) is 6.92 Å². The van der Waals surface area contributed by atoms with Crippen molar-refractivity contribution in [2.45, 2.75) is 20.3 Å². The van der Waals surface area contributed by atoms with Crippen molar-refractivity contribution < 1.29 is 19.1 Å². The molecule has 0 fully saturated rings. The van der Waals surface area contributed by atoms with Crippen molar-refractivity contribution in [2.75, 3.05) is 6.61 Å². The first kappa shape index (κ1) is 13.1. The van der Waals surface area contributed by atoms with Crippen LogP contribution in [0.25, 0.3) is 11.0 Å². The topological polar surface area (TPSA) is 76.7 Å². The van der Waals surface area contributed by atoms with Crippen molar-refractivity contribution >= 4 is 16.9 Å². The maximum Gasteiger partial charge on any atom is 0.341 e. The zero-order valence-corrected chi connectivity index (χ0v) is 10.7. The van der Waals surface area contributed by atoms with Crippen LogP contribution in [-0.4, -0.2) is 17.7 Å². The smallest absolute Gasteiger partial charge is 0.341 e. The molecule has 0 amide bonds. The predicted molar refractivity (Wildman–Crippen MR) is 69.7 cm³/mol. The molecule has 0 unspecified atom stereocenters. The Morgan fingerprint density at radius 1 is 1.42 bits per heavy atom. The molecule has 0 aliphatic rings. The summed E-state index contributed by atoms with van der Waals surface area (Å²) in [6.45, 7) is 3.34. The molecule has 0 saturated carbocycles. The minimum Gasteiger partial charge on any atom is -0.482 e. The molecule has 1 aromatic heterocycles. The molecule has 0 atom stereocenters. The first-order valence-corrected chi connectivity index (χ1v) is 5.94. The fraction of sp³-hybridized carbons (Fsp3) is 0.286. The zero-order chi connectivity index (χ0) is 14.0. The van der Waals surface area contributed by atoms with E-state index in [1.807, 2.05) is 13.8 Å². The Hall–Kier alpha value is -2.30. The number of carboxylic acid groups (broad SMARTS) is 1. The van der Waals surface area contributed by atoms with Crippen LogP contribution in [0.4, 0.5) is 0 Å². The number of aryl methyl sites for hydroxylation is 1. The van der Waals surface area contributed by atoms with Crippen molar-refractivity contribution in [1.82, 2.24) is 0 Å². The fourth-order valence-electron chi connectivity index (χ4n) is 2.02. The second kappa shape index (κ2) is 5.14. The molecule has 1 aromatic carbocycles. The summed E-state index contributed by atoms with van der Waals surface area (Å²) in [6, 6.07) is 4.97. The third-order valence-corrected chi connectivity index (χ3v) is 2.97. The summed E-state index contributed by atoms with van der Waals surface area (Å²) in [7, 11) is 0. The summed E-state index contributed by atoms with van der Waals surface area (Å²) in [5, 5.41) is 9.38. The second-order valence-electron chi connectivity index (χ2n) is 4.19. The van der Waals surface area contributed by atoms with Crippen molar-refractivity contribution in [3.05, 3.63) is 39.7 Å². The van der Waals surface area contributed by atoms with Crippen LogP contribution < -0.4 is 10.4 Å². The van der Waals surface area contributed by atoms with Gasteiger partial charge in [-0.15, -0.1) is 0 Å². The summed E-state index contributed by atoms with van der Waals surface area (Å²) < 4.78 is 10.3. The number of benzene rings is 1. The van der Waals surface area contributed by atoms with Gasteiger partial charge in [-0.2, -0.15) is 0 Å². The summed E-state index contributed by atoms with van der Waals surface area (Å²) in [5.74, 6) is -0.694. The van der Waals surface area contributed by atoms with Crippen molar-refractivity contribution in [2.24, 2.45) is 0 Å². The van der Waals surface area contributed by atoms with Gasteiger partial charge in [0.1, 0.15) is 11.3 Å². The van der Waals surface area contributed by atoms with E-state index in [-0.39, 0.29) is 5.63 Å². The van der Waals surface area contributed by atoms with E-state index in [9.17, 15) is 9.59 Å². The lowest BCUT2D eigenvalue weighted by Gasteiger charge is -2.08.